The molecule has 2 aromatic rings. The van der Waals surface area contributed by atoms with Crippen molar-refractivity contribution in [3.63, 3.8) is 0 Å². The van der Waals surface area contributed by atoms with Crippen LogP contribution in [0.5, 0.6) is 11.6 Å². The van der Waals surface area contributed by atoms with Crippen LogP contribution in [0.15, 0.2) is 24.5 Å². The van der Waals surface area contributed by atoms with Gasteiger partial charge in [0.25, 0.3) is 0 Å². The monoisotopic (exact) mass is 267 g/mol. The smallest absolute Gasteiger partial charge is 0.227 e. The molecule has 18 heavy (non-hydrogen) atoms. The number of ether oxygens (including phenoxy) is 1. The lowest BCUT2D eigenvalue weighted by atomic mass is 10.3. The van der Waals surface area contributed by atoms with Gasteiger partial charge in [-0.15, -0.1) is 0 Å². The van der Waals surface area contributed by atoms with Crippen LogP contribution < -0.4 is 10.1 Å². The second-order valence-corrected chi connectivity index (χ2v) is 3.99. The van der Waals surface area contributed by atoms with Gasteiger partial charge in [0.1, 0.15) is 18.0 Å². The van der Waals surface area contributed by atoms with Gasteiger partial charge < -0.3 is 10.1 Å². The van der Waals surface area contributed by atoms with Crippen LogP contribution in [0.25, 0.3) is 0 Å². The summed E-state index contributed by atoms with van der Waals surface area (Å²) in [6.45, 7) is 1.80. The first-order chi connectivity index (χ1) is 8.61. The van der Waals surface area contributed by atoms with E-state index in [4.69, 9.17) is 16.3 Å². The van der Waals surface area contributed by atoms with Crippen molar-refractivity contribution in [1.82, 2.24) is 9.97 Å². The quantitative estimate of drug-likeness (QED) is 0.926. The van der Waals surface area contributed by atoms with Crippen LogP contribution in [0.4, 0.5) is 10.2 Å². The van der Waals surface area contributed by atoms with E-state index in [9.17, 15) is 4.39 Å². The largest absolute Gasteiger partial charge is 0.437 e. The van der Waals surface area contributed by atoms with E-state index < -0.39 is 5.82 Å². The fourth-order valence-electron chi connectivity index (χ4n) is 1.45. The molecule has 1 heterocycles. The first-order valence-corrected chi connectivity index (χ1v) is 5.62. The number of halogens is 2. The van der Waals surface area contributed by atoms with Crippen LogP contribution >= 0.6 is 11.6 Å². The molecule has 0 aliphatic rings. The lowest BCUT2D eigenvalue weighted by Crippen LogP contribution is -2.00. The third kappa shape index (κ3) is 2.51. The van der Waals surface area contributed by atoms with Gasteiger partial charge in [-0.05, 0) is 19.1 Å². The average Bonchev–Trinajstić information content (AvgIpc) is 2.36. The predicted octanol–water partition coefficient (Wildman–Crippen LogP) is 3.41. The summed E-state index contributed by atoms with van der Waals surface area (Å²) in [5, 5.41) is 3.23. The highest BCUT2D eigenvalue weighted by molar-refractivity contribution is 6.32. The first-order valence-electron chi connectivity index (χ1n) is 5.24. The second kappa shape index (κ2) is 5.18. The molecule has 1 aromatic heterocycles. The Labute approximate surface area is 109 Å². The van der Waals surface area contributed by atoms with E-state index in [2.05, 4.69) is 15.3 Å². The van der Waals surface area contributed by atoms with Crippen molar-refractivity contribution >= 4 is 17.4 Å². The average molecular weight is 268 g/mol. The van der Waals surface area contributed by atoms with Crippen molar-refractivity contribution in [2.24, 2.45) is 0 Å². The SMILES string of the molecule is CNc1ncnc(Oc2cc(F)ccc2Cl)c1C. The molecular weight excluding hydrogens is 257 g/mol. The van der Waals surface area contributed by atoms with Gasteiger partial charge >= 0.3 is 0 Å². The van der Waals surface area contributed by atoms with Crippen LogP contribution in [0.1, 0.15) is 5.56 Å². The summed E-state index contributed by atoms with van der Waals surface area (Å²) in [4.78, 5) is 8.03. The van der Waals surface area contributed by atoms with Gasteiger partial charge in [0, 0.05) is 13.1 Å². The van der Waals surface area contributed by atoms with Crippen molar-refractivity contribution in [1.29, 1.82) is 0 Å². The Balaban J connectivity index is 2.37. The second-order valence-electron chi connectivity index (χ2n) is 3.58. The van der Waals surface area contributed by atoms with E-state index in [1.165, 1.54) is 24.5 Å². The molecule has 0 radical (unpaired) electrons. The van der Waals surface area contributed by atoms with Crippen LogP contribution in [-0.4, -0.2) is 17.0 Å². The maximum Gasteiger partial charge on any atom is 0.227 e. The first kappa shape index (κ1) is 12.6. The van der Waals surface area contributed by atoms with Crippen molar-refractivity contribution in [3.8, 4) is 11.6 Å². The molecule has 0 bridgehead atoms. The third-order valence-electron chi connectivity index (χ3n) is 2.37. The number of anilines is 1. The van der Waals surface area contributed by atoms with E-state index in [-0.39, 0.29) is 5.75 Å². The minimum Gasteiger partial charge on any atom is -0.437 e. The minimum absolute atomic E-state index is 0.223. The summed E-state index contributed by atoms with van der Waals surface area (Å²) in [5.74, 6) is 0.782. The van der Waals surface area contributed by atoms with E-state index in [0.29, 0.717) is 16.7 Å². The van der Waals surface area contributed by atoms with Gasteiger partial charge in [-0.3, -0.25) is 0 Å². The fraction of sp³-hybridized carbons (Fsp3) is 0.167. The minimum atomic E-state index is -0.421. The molecule has 2 rings (SSSR count). The number of benzene rings is 1. The van der Waals surface area contributed by atoms with E-state index in [0.717, 1.165) is 5.56 Å². The van der Waals surface area contributed by atoms with Crippen molar-refractivity contribution in [2.45, 2.75) is 6.92 Å². The standard InChI is InChI=1S/C12H11ClFN3O/c1-7-11(15-2)16-6-17-12(7)18-10-5-8(14)3-4-9(10)13/h3-6H,1-2H3,(H,15,16,17). The molecule has 0 unspecified atom stereocenters. The van der Waals surface area contributed by atoms with Gasteiger partial charge in [0.05, 0.1) is 10.6 Å². The topological polar surface area (TPSA) is 47.0 Å². The van der Waals surface area contributed by atoms with Crippen molar-refractivity contribution in [2.75, 3.05) is 12.4 Å². The van der Waals surface area contributed by atoms with Gasteiger partial charge in [0.15, 0.2) is 5.75 Å². The zero-order chi connectivity index (χ0) is 13.1. The molecule has 0 aliphatic heterocycles. The Hall–Kier alpha value is -1.88. The lowest BCUT2D eigenvalue weighted by molar-refractivity contribution is 0.453. The summed E-state index contributed by atoms with van der Waals surface area (Å²) in [6, 6.07) is 3.91. The van der Waals surface area contributed by atoms with Crippen molar-refractivity contribution < 1.29 is 9.13 Å². The number of nitrogens with one attached hydrogen (secondary N) is 1. The molecular formula is C12H11ClFN3O. The highest BCUT2D eigenvalue weighted by Crippen LogP contribution is 2.31. The van der Waals surface area contributed by atoms with Crippen LogP contribution in [-0.2, 0) is 0 Å². The third-order valence-corrected chi connectivity index (χ3v) is 2.69. The molecule has 94 valence electrons. The molecule has 0 atom stereocenters. The van der Waals surface area contributed by atoms with E-state index in [1.54, 1.807) is 14.0 Å². The summed E-state index contributed by atoms with van der Waals surface area (Å²) < 4.78 is 18.6. The highest BCUT2D eigenvalue weighted by Gasteiger charge is 2.10. The Morgan fingerprint density at radius 3 is 2.83 bits per heavy atom. The Morgan fingerprint density at radius 1 is 1.33 bits per heavy atom. The molecule has 0 saturated heterocycles. The number of hydrogen-bond donors (Lipinski definition) is 1. The number of nitrogens with zero attached hydrogens (tertiary/aromatic N) is 2. The summed E-state index contributed by atoms with van der Waals surface area (Å²) in [6.07, 6.45) is 1.36. The molecule has 1 N–H and O–H groups in total. The molecule has 0 amide bonds. The van der Waals surface area contributed by atoms with Gasteiger partial charge in [-0.1, -0.05) is 11.6 Å². The Bertz CT molecular complexity index is 577. The van der Waals surface area contributed by atoms with Crippen LogP contribution in [0.2, 0.25) is 5.02 Å². The van der Waals surface area contributed by atoms with Crippen LogP contribution in [0, 0.1) is 12.7 Å². The normalized spacial score (nSPS) is 10.2. The van der Waals surface area contributed by atoms with Gasteiger partial charge in [-0.25, -0.2) is 14.4 Å². The lowest BCUT2D eigenvalue weighted by Gasteiger charge is -2.10. The highest BCUT2D eigenvalue weighted by atomic mass is 35.5. The molecule has 0 spiro atoms. The van der Waals surface area contributed by atoms with E-state index >= 15 is 0 Å². The summed E-state index contributed by atoms with van der Waals surface area (Å²) in [5.41, 5.74) is 0.723. The number of hydrogen-bond acceptors (Lipinski definition) is 4. The van der Waals surface area contributed by atoms with Gasteiger partial charge in [0.2, 0.25) is 5.88 Å². The number of aromatic nitrogens is 2. The zero-order valence-corrected chi connectivity index (χ0v) is 10.6. The van der Waals surface area contributed by atoms with E-state index in [1.807, 2.05) is 0 Å². The number of rotatable bonds is 3. The maximum atomic E-state index is 13.1. The molecule has 0 fully saturated rings. The Morgan fingerprint density at radius 2 is 2.11 bits per heavy atom. The summed E-state index contributed by atoms with van der Waals surface area (Å²) in [7, 11) is 1.74. The summed E-state index contributed by atoms with van der Waals surface area (Å²) >= 11 is 5.92. The van der Waals surface area contributed by atoms with Gasteiger partial charge in [-0.2, -0.15) is 0 Å². The predicted molar refractivity (Wildman–Crippen MR) is 67.8 cm³/mol. The maximum absolute atomic E-state index is 13.1. The molecule has 4 nitrogen and oxygen atoms in total. The molecule has 0 saturated carbocycles. The molecule has 0 aliphatic carbocycles. The molecule has 6 heteroatoms. The molecule has 1 aromatic carbocycles. The Kier molecular flexibility index (Phi) is 3.62. The zero-order valence-electron chi connectivity index (χ0n) is 9.87. The fourth-order valence-corrected chi connectivity index (χ4v) is 1.60. The van der Waals surface area contributed by atoms with Crippen molar-refractivity contribution in [3.05, 3.63) is 40.9 Å². The van der Waals surface area contributed by atoms with Crippen LogP contribution in [0.3, 0.4) is 0 Å².